The first-order chi connectivity index (χ1) is 15.3. The fourth-order valence-corrected chi connectivity index (χ4v) is 4.17. The van der Waals surface area contributed by atoms with E-state index in [0.29, 0.717) is 11.5 Å². The highest BCUT2D eigenvalue weighted by Gasteiger charge is 2.16. The van der Waals surface area contributed by atoms with E-state index in [-0.39, 0.29) is 34.3 Å². The van der Waals surface area contributed by atoms with Crippen molar-refractivity contribution in [1.29, 1.82) is 0 Å². The first-order valence-corrected chi connectivity index (χ1v) is 11.6. The van der Waals surface area contributed by atoms with Crippen LogP contribution in [0.25, 0.3) is 0 Å². The number of para-hydroxylation sites is 2. The van der Waals surface area contributed by atoms with Gasteiger partial charge in [0.2, 0.25) is 0 Å². The molecule has 0 aliphatic rings. The quantitative estimate of drug-likeness (QED) is 0.452. The maximum absolute atomic E-state index is 12.5. The number of sulfonamides is 1. The molecule has 0 spiro atoms. The van der Waals surface area contributed by atoms with Gasteiger partial charge >= 0.3 is 0 Å². The van der Waals surface area contributed by atoms with Crippen molar-refractivity contribution < 1.29 is 22.7 Å². The van der Waals surface area contributed by atoms with Crippen LogP contribution >= 0.6 is 11.6 Å². The van der Waals surface area contributed by atoms with Crippen LogP contribution in [0.1, 0.15) is 15.9 Å². The summed E-state index contributed by atoms with van der Waals surface area (Å²) in [4.78, 5) is 12.6. The standard InChI is InChI=1S/C23H23ClN2O5S/c1-16-7-10-18(11-8-16)32(28,29)26-17-9-12-19(20(24)15-17)23(27)25-13-14-31-22-6-4-3-5-21(22)30-2/h3-12,15,26H,13-14H2,1-2H3,(H,25,27). The van der Waals surface area contributed by atoms with Crippen molar-refractivity contribution in [2.24, 2.45) is 0 Å². The lowest BCUT2D eigenvalue weighted by Gasteiger charge is -2.12. The van der Waals surface area contributed by atoms with Gasteiger partial charge in [0.25, 0.3) is 15.9 Å². The number of anilines is 1. The fraction of sp³-hybridized carbons (Fsp3) is 0.174. The maximum atomic E-state index is 12.5. The molecule has 0 aliphatic heterocycles. The number of amides is 1. The van der Waals surface area contributed by atoms with E-state index in [1.807, 2.05) is 19.1 Å². The summed E-state index contributed by atoms with van der Waals surface area (Å²) < 4.78 is 38.3. The number of aryl methyl sites for hydroxylation is 1. The van der Waals surface area contributed by atoms with Crippen LogP contribution in [0.3, 0.4) is 0 Å². The SMILES string of the molecule is COc1ccccc1OCCNC(=O)c1ccc(NS(=O)(=O)c2ccc(C)cc2)cc1Cl. The molecule has 0 radical (unpaired) electrons. The van der Waals surface area contributed by atoms with E-state index >= 15 is 0 Å². The van der Waals surface area contributed by atoms with Gasteiger partial charge in [-0.15, -0.1) is 0 Å². The van der Waals surface area contributed by atoms with Gasteiger partial charge in [-0.2, -0.15) is 0 Å². The first kappa shape index (κ1) is 23.4. The van der Waals surface area contributed by atoms with Gasteiger partial charge in [-0.25, -0.2) is 8.42 Å². The second kappa shape index (κ2) is 10.4. The molecule has 0 heterocycles. The third-order valence-corrected chi connectivity index (χ3v) is 6.22. The normalized spacial score (nSPS) is 11.0. The summed E-state index contributed by atoms with van der Waals surface area (Å²) in [7, 11) is -2.21. The van der Waals surface area contributed by atoms with E-state index < -0.39 is 15.9 Å². The summed E-state index contributed by atoms with van der Waals surface area (Å²) >= 11 is 6.22. The number of hydrogen-bond acceptors (Lipinski definition) is 5. The van der Waals surface area contributed by atoms with Gasteiger partial charge in [0, 0.05) is 0 Å². The Balaban J connectivity index is 1.58. The highest BCUT2D eigenvalue weighted by molar-refractivity contribution is 7.92. The molecule has 2 N–H and O–H groups in total. The molecule has 0 bridgehead atoms. The summed E-state index contributed by atoms with van der Waals surface area (Å²) in [5.41, 5.74) is 1.43. The lowest BCUT2D eigenvalue weighted by atomic mass is 10.2. The molecule has 32 heavy (non-hydrogen) atoms. The van der Waals surface area contributed by atoms with Crippen molar-refractivity contribution in [1.82, 2.24) is 5.32 Å². The topological polar surface area (TPSA) is 93.7 Å². The first-order valence-electron chi connectivity index (χ1n) is 9.73. The Kier molecular flexibility index (Phi) is 7.61. The van der Waals surface area contributed by atoms with Gasteiger partial charge in [-0.05, 0) is 49.4 Å². The average Bonchev–Trinajstić information content (AvgIpc) is 2.77. The molecule has 0 aromatic heterocycles. The van der Waals surface area contributed by atoms with Gasteiger partial charge in [0.05, 0.1) is 34.8 Å². The number of nitrogens with one attached hydrogen (secondary N) is 2. The molecule has 7 nitrogen and oxygen atoms in total. The van der Waals surface area contributed by atoms with Crippen LogP contribution in [-0.2, 0) is 10.0 Å². The number of methoxy groups -OCH3 is 1. The monoisotopic (exact) mass is 474 g/mol. The van der Waals surface area contributed by atoms with Crippen LogP contribution in [0, 0.1) is 6.92 Å². The van der Waals surface area contributed by atoms with Crippen molar-refractivity contribution in [2.45, 2.75) is 11.8 Å². The van der Waals surface area contributed by atoms with E-state index in [2.05, 4.69) is 10.0 Å². The van der Waals surface area contributed by atoms with E-state index in [0.717, 1.165) is 5.56 Å². The van der Waals surface area contributed by atoms with Gasteiger partial charge in [-0.3, -0.25) is 9.52 Å². The van der Waals surface area contributed by atoms with Crippen LogP contribution in [0.15, 0.2) is 71.6 Å². The van der Waals surface area contributed by atoms with Crippen molar-refractivity contribution in [3.63, 3.8) is 0 Å². The molecule has 3 aromatic carbocycles. The Bertz CT molecular complexity index is 1200. The number of hydrogen-bond donors (Lipinski definition) is 2. The average molecular weight is 475 g/mol. The highest BCUT2D eigenvalue weighted by Crippen LogP contribution is 2.26. The second-order valence-corrected chi connectivity index (χ2v) is 8.96. The predicted molar refractivity (Wildman–Crippen MR) is 124 cm³/mol. The molecule has 0 unspecified atom stereocenters. The van der Waals surface area contributed by atoms with E-state index in [9.17, 15) is 13.2 Å². The molecule has 0 fully saturated rings. The summed E-state index contributed by atoms with van der Waals surface area (Å²) in [6.07, 6.45) is 0. The van der Waals surface area contributed by atoms with Crippen LogP contribution in [0.5, 0.6) is 11.5 Å². The highest BCUT2D eigenvalue weighted by atomic mass is 35.5. The minimum atomic E-state index is -3.77. The minimum absolute atomic E-state index is 0.122. The molecular formula is C23H23ClN2O5S. The molecule has 0 saturated heterocycles. The summed E-state index contributed by atoms with van der Waals surface area (Å²) in [5.74, 6) is 0.782. The van der Waals surface area contributed by atoms with Crippen molar-refractivity contribution in [2.75, 3.05) is 25.0 Å². The van der Waals surface area contributed by atoms with Crippen LogP contribution in [0.4, 0.5) is 5.69 Å². The Morgan fingerprint density at radius 1 is 1.00 bits per heavy atom. The number of benzene rings is 3. The number of halogens is 1. The molecule has 3 aromatic rings. The Morgan fingerprint density at radius 2 is 1.69 bits per heavy atom. The van der Waals surface area contributed by atoms with Crippen LogP contribution in [0.2, 0.25) is 5.02 Å². The molecular weight excluding hydrogens is 452 g/mol. The van der Waals surface area contributed by atoms with Crippen molar-refractivity contribution in [3.8, 4) is 11.5 Å². The van der Waals surface area contributed by atoms with Gasteiger partial charge < -0.3 is 14.8 Å². The largest absolute Gasteiger partial charge is 0.493 e. The number of carbonyl (C=O) groups excluding carboxylic acids is 1. The predicted octanol–water partition coefficient (Wildman–Crippen LogP) is 4.27. The van der Waals surface area contributed by atoms with E-state index in [1.54, 1.807) is 31.4 Å². The Morgan fingerprint density at radius 3 is 2.34 bits per heavy atom. The molecule has 168 valence electrons. The molecule has 0 aliphatic carbocycles. The summed E-state index contributed by atoms with van der Waals surface area (Å²) in [5, 5.41) is 2.84. The maximum Gasteiger partial charge on any atom is 0.261 e. The number of ether oxygens (including phenoxy) is 2. The Hall–Kier alpha value is -3.23. The molecule has 0 saturated carbocycles. The van der Waals surface area contributed by atoms with Crippen LogP contribution < -0.4 is 19.5 Å². The second-order valence-electron chi connectivity index (χ2n) is 6.87. The third kappa shape index (κ3) is 5.93. The third-order valence-electron chi connectivity index (χ3n) is 4.51. The zero-order chi connectivity index (χ0) is 23.1. The molecule has 1 amide bonds. The lowest BCUT2D eigenvalue weighted by Crippen LogP contribution is -2.28. The minimum Gasteiger partial charge on any atom is -0.493 e. The van der Waals surface area contributed by atoms with Crippen molar-refractivity contribution >= 4 is 33.2 Å². The van der Waals surface area contributed by atoms with E-state index in [1.165, 1.54) is 30.3 Å². The smallest absolute Gasteiger partial charge is 0.261 e. The van der Waals surface area contributed by atoms with Gasteiger partial charge in [0.15, 0.2) is 11.5 Å². The molecule has 9 heteroatoms. The Labute approximate surface area is 192 Å². The molecule has 3 rings (SSSR count). The number of rotatable bonds is 9. The van der Waals surface area contributed by atoms with Gasteiger partial charge in [-0.1, -0.05) is 41.4 Å². The lowest BCUT2D eigenvalue weighted by molar-refractivity contribution is 0.0947. The molecule has 0 atom stereocenters. The zero-order valence-corrected chi connectivity index (χ0v) is 19.2. The van der Waals surface area contributed by atoms with Crippen LogP contribution in [-0.4, -0.2) is 34.6 Å². The fourth-order valence-electron chi connectivity index (χ4n) is 2.85. The van der Waals surface area contributed by atoms with Gasteiger partial charge in [0.1, 0.15) is 6.61 Å². The van der Waals surface area contributed by atoms with Crippen molar-refractivity contribution in [3.05, 3.63) is 82.9 Å². The van der Waals surface area contributed by atoms with E-state index in [4.69, 9.17) is 21.1 Å². The zero-order valence-electron chi connectivity index (χ0n) is 17.6. The summed E-state index contributed by atoms with van der Waals surface area (Å²) in [6, 6.07) is 18.0. The summed E-state index contributed by atoms with van der Waals surface area (Å²) in [6.45, 7) is 2.35. The number of carbonyl (C=O) groups is 1.